The number of ether oxygens (including phenoxy) is 5. The highest BCUT2D eigenvalue weighted by atomic mass is 16.7. The highest BCUT2D eigenvalue weighted by molar-refractivity contribution is 5.63. The van der Waals surface area contributed by atoms with Gasteiger partial charge < -0.3 is 23.7 Å². The lowest BCUT2D eigenvalue weighted by Crippen LogP contribution is -2.40. The summed E-state index contributed by atoms with van der Waals surface area (Å²) in [7, 11) is 7.25. The molecule has 142 valence electrons. The SMILES string of the molecule is COc1cc2c(cc1OC)C1Cc3c(cc4c(c3OC)OCO4)C(C2)N1C. The molecule has 2 bridgehead atoms. The number of hydrogen-bond donors (Lipinski definition) is 0. The fourth-order valence-electron chi connectivity index (χ4n) is 4.78. The smallest absolute Gasteiger partial charge is 0.231 e. The maximum absolute atomic E-state index is 5.76. The molecule has 0 spiro atoms. The first-order valence-electron chi connectivity index (χ1n) is 9.12. The molecule has 2 aromatic carbocycles. The van der Waals surface area contributed by atoms with E-state index in [0.29, 0.717) is 0 Å². The standard InChI is InChI=1S/C21H23NO5/c1-22-15-5-11-6-17(23-2)18(24-3)8-12(11)16(22)7-14-13(15)9-19-21(20(14)25-4)27-10-26-19/h6,8-9,15-16H,5,7,10H2,1-4H3. The third-order valence-electron chi connectivity index (χ3n) is 6.12. The lowest BCUT2D eigenvalue weighted by molar-refractivity contribution is 0.135. The summed E-state index contributed by atoms with van der Waals surface area (Å²) in [6.45, 7) is 0.243. The molecule has 6 nitrogen and oxygen atoms in total. The Bertz CT molecular complexity index is 926. The van der Waals surface area contributed by atoms with Crippen molar-refractivity contribution in [2.75, 3.05) is 35.2 Å². The maximum atomic E-state index is 5.76. The molecule has 2 atom stereocenters. The van der Waals surface area contributed by atoms with Crippen molar-refractivity contribution in [3.05, 3.63) is 40.5 Å². The van der Waals surface area contributed by atoms with Gasteiger partial charge in [-0.25, -0.2) is 0 Å². The van der Waals surface area contributed by atoms with Crippen LogP contribution in [0.15, 0.2) is 18.2 Å². The maximum Gasteiger partial charge on any atom is 0.231 e. The van der Waals surface area contributed by atoms with Crippen LogP contribution in [0.2, 0.25) is 0 Å². The van der Waals surface area contributed by atoms with E-state index in [0.717, 1.165) is 41.6 Å². The molecule has 2 aromatic rings. The summed E-state index contributed by atoms with van der Waals surface area (Å²) < 4.78 is 28.2. The van der Waals surface area contributed by atoms with Crippen molar-refractivity contribution < 1.29 is 23.7 Å². The van der Waals surface area contributed by atoms with Gasteiger partial charge in [0.15, 0.2) is 23.0 Å². The van der Waals surface area contributed by atoms with Crippen molar-refractivity contribution in [2.24, 2.45) is 0 Å². The number of likely N-dealkylation sites (N-methyl/N-ethyl adjacent to an activating group) is 1. The zero-order chi connectivity index (χ0) is 18.7. The first kappa shape index (κ1) is 16.6. The summed E-state index contributed by atoms with van der Waals surface area (Å²) in [6.07, 6.45) is 1.75. The molecule has 0 fully saturated rings. The second-order valence-electron chi connectivity index (χ2n) is 7.22. The molecule has 5 rings (SSSR count). The lowest BCUT2D eigenvalue weighted by atomic mass is 9.76. The van der Waals surface area contributed by atoms with Crippen molar-refractivity contribution in [1.82, 2.24) is 4.90 Å². The lowest BCUT2D eigenvalue weighted by Gasteiger charge is -2.46. The average molecular weight is 369 g/mol. The van der Waals surface area contributed by atoms with E-state index in [1.165, 1.54) is 22.3 Å². The largest absolute Gasteiger partial charge is 0.493 e. The molecular weight excluding hydrogens is 346 g/mol. The molecule has 0 saturated carbocycles. The van der Waals surface area contributed by atoms with Crippen LogP contribution in [0, 0.1) is 0 Å². The van der Waals surface area contributed by atoms with Crippen molar-refractivity contribution in [1.29, 1.82) is 0 Å². The predicted molar refractivity (Wildman–Crippen MR) is 99.3 cm³/mol. The third-order valence-corrected chi connectivity index (χ3v) is 6.12. The van der Waals surface area contributed by atoms with E-state index < -0.39 is 0 Å². The summed E-state index contributed by atoms with van der Waals surface area (Å²) >= 11 is 0. The third kappa shape index (κ3) is 2.22. The van der Waals surface area contributed by atoms with Crippen molar-refractivity contribution >= 4 is 0 Å². The number of nitrogens with zero attached hydrogens (tertiary/aromatic N) is 1. The van der Waals surface area contributed by atoms with Gasteiger partial charge in [-0.1, -0.05) is 0 Å². The van der Waals surface area contributed by atoms with Crippen LogP contribution in [-0.4, -0.2) is 40.1 Å². The minimum absolute atomic E-state index is 0.243. The average Bonchev–Trinajstić information content (AvgIpc) is 3.15. The Balaban J connectivity index is 1.68. The number of methoxy groups -OCH3 is 3. The van der Waals surface area contributed by atoms with E-state index in [-0.39, 0.29) is 18.9 Å². The molecule has 6 heteroatoms. The Morgan fingerprint density at radius 2 is 1.63 bits per heavy atom. The van der Waals surface area contributed by atoms with Gasteiger partial charge in [-0.15, -0.1) is 0 Å². The Hall–Kier alpha value is -2.60. The van der Waals surface area contributed by atoms with Gasteiger partial charge in [0.1, 0.15) is 0 Å². The Labute approximate surface area is 158 Å². The summed E-state index contributed by atoms with van der Waals surface area (Å²) in [5.41, 5.74) is 5.07. The van der Waals surface area contributed by atoms with E-state index in [1.54, 1.807) is 21.3 Å². The van der Waals surface area contributed by atoms with E-state index >= 15 is 0 Å². The number of benzene rings is 2. The molecule has 3 aliphatic rings. The molecule has 2 unspecified atom stereocenters. The topological polar surface area (TPSA) is 49.4 Å². The molecule has 0 N–H and O–H groups in total. The number of rotatable bonds is 3. The van der Waals surface area contributed by atoms with E-state index in [1.807, 2.05) is 0 Å². The van der Waals surface area contributed by atoms with Crippen molar-refractivity contribution in [3.8, 4) is 28.7 Å². The van der Waals surface area contributed by atoms with Crippen LogP contribution in [0.4, 0.5) is 0 Å². The molecule has 0 aromatic heterocycles. The molecule has 0 aliphatic carbocycles. The minimum atomic E-state index is 0.243. The fourth-order valence-corrected chi connectivity index (χ4v) is 4.78. The first-order chi connectivity index (χ1) is 13.2. The first-order valence-corrected chi connectivity index (χ1v) is 9.12. The monoisotopic (exact) mass is 369 g/mol. The highest BCUT2D eigenvalue weighted by Crippen LogP contribution is 2.55. The molecule has 27 heavy (non-hydrogen) atoms. The van der Waals surface area contributed by atoms with Gasteiger partial charge in [-0.2, -0.15) is 0 Å². The number of hydrogen-bond acceptors (Lipinski definition) is 6. The van der Waals surface area contributed by atoms with Gasteiger partial charge in [-0.05, 0) is 54.8 Å². The van der Waals surface area contributed by atoms with Gasteiger partial charge in [-0.3, -0.25) is 4.90 Å². The second-order valence-corrected chi connectivity index (χ2v) is 7.22. The Morgan fingerprint density at radius 1 is 0.889 bits per heavy atom. The molecule has 3 heterocycles. The zero-order valence-electron chi connectivity index (χ0n) is 16.0. The van der Waals surface area contributed by atoms with Crippen LogP contribution >= 0.6 is 0 Å². The zero-order valence-corrected chi connectivity index (χ0v) is 16.0. The van der Waals surface area contributed by atoms with Crippen LogP contribution in [0.3, 0.4) is 0 Å². The van der Waals surface area contributed by atoms with Gasteiger partial charge in [0.25, 0.3) is 0 Å². The Morgan fingerprint density at radius 3 is 2.37 bits per heavy atom. The minimum Gasteiger partial charge on any atom is -0.493 e. The van der Waals surface area contributed by atoms with E-state index in [4.69, 9.17) is 23.7 Å². The molecule has 0 amide bonds. The summed E-state index contributed by atoms with van der Waals surface area (Å²) in [6, 6.07) is 6.88. The summed E-state index contributed by atoms with van der Waals surface area (Å²) in [5, 5.41) is 0. The predicted octanol–water partition coefficient (Wildman–Crippen LogP) is 3.27. The van der Waals surface area contributed by atoms with Gasteiger partial charge >= 0.3 is 0 Å². The van der Waals surface area contributed by atoms with Crippen LogP contribution in [0.5, 0.6) is 28.7 Å². The summed E-state index contributed by atoms with van der Waals surface area (Å²) in [5.74, 6) is 3.86. The quantitative estimate of drug-likeness (QED) is 0.828. The van der Waals surface area contributed by atoms with Gasteiger partial charge in [0.05, 0.1) is 21.3 Å². The van der Waals surface area contributed by atoms with Crippen LogP contribution in [0.1, 0.15) is 34.3 Å². The van der Waals surface area contributed by atoms with Crippen LogP contribution < -0.4 is 23.7 Å². The second kappa shape index (κ2) is 5.96. The fraction of sp³-hybridized carbons (Fsp3) is 0.429. The summed E-state index contributed by atoms with van der Waals surface area (Å²) in [4.78, 5) is 2.44. The van der Waals surface area contributed by atoms with Gasteiger partial charge in [0.2, 0.25) is 12.5 Å². The van der Waals surface area contributed by atoms with Crippen LogP contribution in [0.25, 0.3) is 0 Å². The molecule has 0 radical (unpaired) electrons. The van der Waals surface area contributed by atoms with Crippen molar-refractivity contribution in [2.45, 2.75) is 24.9 Å². The molecule has 0 saturated heterocycles. The van der Waals surface area contributed by atoms with Crippen molar-refractivity contribution in [3.63, 3.8) is 0 Å². The van der Waals surface area contributed by atoms with Gasteiger partial charge in [0, 0.05) is 17.6 Å². The Kier molecular flexibility index (Phi) is 3.65. The van der Waals surface area contributed by atoms with E-state index in [9.17, 15) is 0 Å². The normalized spacial score (nSPS) is 22.1. The highest BCUT2D eigenvalue weighted by Gasteiger charge is 2.42. The molecule has 3 aliphatic heterocycles. The van der Waals surface area contributed by atoms with E-state index in [2.05, 4.69) is 30.1 Å². The van der Waals surface area contributed by atoms with Crippen LogP contribution in [-0.2, 0) is 12.8 Å². The molecular formula is C21H23NO5. The number of fused-ring (bicyclic) bond motifs is 7.